The van der Waals surface area contributed by atoms with Crippen molar-refractivity contribution in [2.75, 3.05) is 13.1 Å². The molecule has 0 aromatic carbocycles. The summed E-state index contributed by atoms with van der Waals surface area (Å²) in [4.78, 5) is 2.65. The number of piperidine rings is 1. The van der Waals surface area contributed by atoms with Crippen LogP contribution in [0.3, 0.4) is 0 Å². The SMILES string of the molecule is C=C(C)C1C2CC[C@@H]1CN(C(C)C)C2. The summed E-state index contributed by atoms with van der Waals surface area (Å²) in [5, 5.41) is 0. The van der Waals surface area contributed by atoms with Crippen molar-refractivity contribution in [1.82, 2.24) is 4.90 Å². The maximum atomic E-state index is 4.17. The summed E-state index contributed by atoms with van der Waals surface area (Å²) in [6.45, 7) is 13.7. The fourth-order valence-corrected chi connectivity index (χ4v) is 3.49. The van der Waals surface area contributed by atoms with Crippen LogP contribution >= 0.6 is 0 Å². The predicted molar refractivity (Wildman–Crippen MR) is 61.2 cm³/mol. The van der Waals surface area contributed by atoms with E-state index in [1.54, 1.807) is 0 Å². The Hall–Kier alpha value is -0.300. The third kappa shape index (κ3) is 1.63. The van der Waals surface area contributed by atoms with E-state index in [0.29, 0.717) is 0 Å². The molecule has 2 rings (SSSR count). The lowest BCUT2D eigenvalue weighted by molar-refractivity contribution is 0.0995. The zero-order valence-corrected chi connectivity index (χ0v) is 9.79. The van der Waals surface area contributed by atoms with Gasteiger partial charge in [0.15, 0.2) is 0 Å². The van der Waals surface area contributed by atoms with E-state index in [1.807, 2.05) is 0 Å². The molecule has 2 aliphatic rings. The van der Waals surface area contributed by atoms with Crippen LogP contribution < -0.4 is 0 Å². The van der Waals surface area contributed by atoms with Crippen molar-refractivity contribution in [2.24, 2.45) is 17.8 Å². The average Bonchev–Trinajstić information content (AvgIpc) is 2.37. The summed E-state index contributed by atoms with van der Waals surface area (Å²) in [5.74, 6) is 2.66. The van der Waals surface area contributed by atoms with Gasteiger partial charge in [-0.15, -0.1) is 0 Å². The molecule has 2 unspecified atom stereocenters. The first kappa shape index (κ1) is 10.2. The fourth-order valence-electron chi connectivity index (χ4n) is 3.49. The van der Waals surface area contributed by atoms with Crippen molar-refractivity contribution in [3.63, 3.8) is 0 Å². The Morgan fingerprint density at radius 2 is 1.71 bits per heavy atom. The minimum atomic E-state index is 0.726. The Morgan fingerprint density at radius 1 is 1.21 bits per heavy atom. The molecule has 2 bridgehead atoms. The standard InChI is InChI=1S/C13H23N/c1-9(2)13-11-5-6-12(13)8-14(7-11)10(3)4/h10-13H,1,5-8H2,2-4H3/t11-,12?,13?/m1/s1. The minimum absolute atomic E-state index is 0.726. The van der Waals surface area contributed by atoms with Gasteiger partial charge in [0.1, 0.15) is 0 Å². The first-order valence-corrected chi connectivity index (χ1v) is 5.99. The molecule has 0 N–H and O–H groups in total. The third-order valence-corrected chi connectivity index (χ3v) is 4.16. The molecule has 0 radical (unpaired) electrons. The van der Waals surface area contributed by atoms with Crippen LogP contribution in [-0.2, 0) is 0 Å². The van der Waals surface area contributed by atoms with Crippen LogP contribution in [0.2, 0.25) is 0 Å². The van der Waals surface area contributed by atoms with Crippen molar-refractivity contribution in [3.05, 3.63) is 12.2 Å². The molecule has 1 saturated heterocycles. The number of rotatable bonds is 2. The van der Waals surface area contributed by atoms with E-state index in [4.69, 9.17) is 0 Å². The first-order chi connectivity index (χ1) is 6.59. The molecule has 1 aliphatic carbocycles. The second-order valence-electron chi connectivity index (χ2n) is 5.52. The van der Waals surface area contributed by atoms with E-state index < -0.39 is 0 Å². The van der Waals surface area contributed by atoms with Crippen molar-refractivity contribution in [2.45, 2.75) is 39.7 Å². The maximum absolute atomic E-state index is 4.17. The summed E-state index contributed by atoms with van der Waals surface area (Å²) in [6.07, 6.45) is 2.87. The lowest BCUT2D eigenvalue weighted by Crippen LogP contribution is -2.45. The number of nitrogens with zero attached hydrogens (tertiary/aromatic N) is 1. The van der Waals surface area contributed by atoms with Gasteiger partial charge in [-0.05, 0) is 51.4 Å². The fraction of sp³-hybridized carbons (Fsp3) is 0.846. The zero-order valence-electron chi connectivity index (χ0n) is 9.79. The highest BCUT2D eigenvalue weighted by molar-refractivity contribution is 5.08. The molecule has 3 atom stereocenters. The molecule has 80 valence electrons. The van der Waals surface area contributed by atoms with Crippen LogP contribution in [0, 0.1) is 17.8 Å². The van der Waals surface area contributed by atoms with Gasteiger partial charge in [-0.1, -0.05) is 12.2 Å². The van der Waals surface area contributed by atoms with Gasteiger partial charge in [0.2, 0.25) is 0 Å². The summed E-state index contributed by atoms with van der Waals surface area (Å²) >= 11 is 0. The highest BCUT2D eigenvalue weighted by Crippen LogP contribution is 2.45. The Labute approximate surface area is 88.2 Å². The van der Waals surface area contributed by atoms with Crippen LogP contribution in [0.1, 0.15) is 33.6 Å². The number of allylic oxidation sites excluding steroid dienone is 1. The predicted octanol–water partition coefficient (Wildman–Crippen LogP) is 2.93. The monoisotopic (exact) mass is 193 g/mol. The highest BCUT2D eigenvalue weighted by atomic mass is 15.2. The number of hydrogen-bond donors (Lipinski definition) is 0. The Bertz CT molecular complexity index is 217. The maximum Gasteiger partial charge on any atom is 0.00388 e. The van der Waals surface area contributed by atoms with E-state index in [1.165, 1.54) is 31.5 Å². The molecule has 0 amide bonds. The zero-order chi connectivity index (χ0) is 10.3. The largest absolute Gasteiger partial charge is 0.300 e. The van der Waals surface area contributed by atoms with Gasteiger partial charge in [0.25, 0.3) is 0 Å². The molecule has 14 heavy (non-hydrogen) atoms. The van der Waals surface area contributed by atoms with E-state index >= 15 is 0 Å². The first-order valence-electron chi connectivity index (χ1n) is 5.99. The Kier molecular flexibility index (Phi) is 2.70. The Balaban J connectivity index is 2.08. The molecule has 1 aliphatic heterocycles. The molecule has 0 aromatic heterocycles. The third-order valence-electron chi connectivity index (χ3n) is 4.16. The minimum Gasteiger partial charge on any atom is -0.300 e. The van der Waals surface area contributed by atoms with Crippen LogP contribution in [0.4, 0.5) is 0 Å². The van der Waals surface area contributed by atoms with Gasteiger partial charge in [-0.3, -0.25) is 0 Å². The van der Waals surface area contributed by atoms with Crippen molar-refractivity contribution in [3.8, 4) is 0 Å². The molecular weight excluding hydrogens is 170 g/mol. The number of fused-ring (bicyclic) bond motifs is 2. The van der Waals surface area contributed by atoms with E-state index in [2.05, 4.69) is 32.3 Å². The van der Waals surface area contributed by atoms with Crippen LogP contribution in [0.5, 0.6) is 0 Å². The highest BCUT2D eigenvalue weighted by Gasteiger charge is 2.42. The number of likely N-dealkylation sites (tertiary alicyclic amines) is 1. The van der Waals surface area contributed by atoms with Gasteiger partial charge >= 0.3 is 0 Å². The van der Waals surface area contributed by atoms with Crippen molar-refractivity contribution >= 4 is 0 Å². The van der Waals surface area contributed by atoms with Gasteiger partial charge in [0, 0.05) is 19.1 Å². The summed E-state index contributed by atoms with van der Waals surface area (Å²) < 4.78 is 0. The van der Waals surface area contributed by atoms with Crippen molar-refractivity contribution in [1.29, 1.82) is 0 Å². The smallest absolute Gasteiger partial charge is 0.00388 e. The molecule has 0 aromatic rings. The second kappa shape index (κ2) is 3.69. The molecule has 1 nitrogen and oxygen atoms in total. The molecular formula is C13H23N. The Morgan fingerprint density at radius 3 is 2.07 bits per heavy atom. The van der Waals surface area contributed by atoms with E-state index in [0.717, 1.165) is 23.8 Å². The second-order valence-corrected chi connectivity index (χ2v) is 5.52. The van der Waals surface area contributed by atoms with E-state index in [9.17, 15) is 0 Å². The molecule has 1 heterocycles. The normalized spacial score (nSPS) is 37.9. The van der Waals surface area contributed by atoms with Crippen LogP contribution in [0.15, 0.2) is 12.2 Å². The number of hydrogen-bond acceptors (Lipinski definition) is 1. The molecule has 1 saturated carbocycles. The molecule has 0 spiro atoms. The summed E-state index contributed by atoms with van der Waals surface area (Å²) in [5.41, 5.74) is 1.43. The lowest BCUT2D eigenvalue weighted by Gasteiger charge is -2.40. The van der Waals surface area contributed by atoms with Crippen LogP contribution in [-0.4, -0.2) is 24.0 Å². The average molecular weight is 193 g/mol. The lowest BCUT2D eigenvalue weighted by atomic mass is 9.80. The topological polar surface area (TPSA) is 3.24 Å². The quantitative estimate of drug-likeness (QED) is 0.609. The van der Waals surface area contributed by atoms with Crippen LogP contribution in [0.25, 0.3) is 0 Å². The summed E-state index contributed by atoms with van der Waals surface area (Å²) in [7, 11) is 0. The van der Waals surface area contributed by atoms with Gasteiger partial charge in [-0.25, -0.2) is 0 Å². The van der Waals surface area contributed by atoms with Gasteiger partial charge in [-0.2, -0.15) is 0 Å². The van der Waals surface area contributed by atoms with Crippen molar-refractivity contribution < 1.29 is 0 Å². The van der Waals surface area contributed by atoms with E-state index in [-0.39, 0.29) is 0 Å². The van der Waals surface area contributed by atoms with Gasteiger partial charge in [0.05, 0.1) is 0 Å². The summed E-state index contributed by atoms with van der Waals surface area (Å²) in [6, 6.07) is 0.726. The molecule has 1 heteroatoms. The molecule has 2 fully saturated rings. The van der Waals surface area contributed by atoms with Gasteiger partial charge < -0.3 is 4.90 Å².